The second-order valence-corrected chi connectivity index (χ2v) is 1.11. The molecule has 8 heavy (non-hydrogen) atoms. The summed E-state index contributed by atoms with van der Waals surface area (Å²) >= 11 is 0. The standard InChI is InChI=1S/C4H8O.C3H6/c1-3-4-5-2;1-3-2/h3-4H,1-2H3;3H,1H2,2H3. The molecule has 0 saturated carbocycles. The van der Waals surface area contributed by atoms with Gasteiger partial charge in [-0.3, -0.25) is 0 Å². The quantitative estimate of drug-likeness (QED) is 0.375. The van der Waals surface area contributed by atoms with Crippen LogP contribution in [0.2, 0.25) is 0 Å². The molecule has 0 rings (SSSR count). The molecule has 0 aromatic heterocycles. The lowest BCUT2D eigenvalue weighted by Gasteiger charge is -1.76. The predicted octanol–water partition coefficient (Wildman–Crippen LogP) is 2.36. The molecule has 0 saturated heterocycles. The first-order chi connectivity index (χ1) is 3.83. The van der Waals surface area contributed by atoms with E-state index in [1.54, 1.807) is 19.4 Å². The van der Waals surface area contributed by atoms with E-state index in [1.807, 2.05) is 19.9 Å². The smallest absolute Gasteiger partial charge is 0.0781 e. The molecule has 0 unspecified atom stereocenters. The third-order valence-corrected chi connectivity index (χ3v) is 0.272. The molecule has 0 fully saturated rings. The van der Waals surface area contributed by atoms with Crippen LogP contribution in [0.5, 0.6) is 0 Å². The van der Waals surface area contributed by atoms with Gasteiger partial charge in [-0.1, -0.05) is 12.2 Å². The highest BCUT2D eigenvalue weighted by Crippen LogP contribution is 1.64. The summed E-state index contributed by atoms with van der Waals surface area (Å²) in [4.78, 5) is 0. The van der Waals surface area contributed by atoms with Crippen LogP contribution in [-0.4, -0.2) is 7.11 Å². The molecular formula is C7H14O. The molecule has 0 heterocycles. The van der Waals surface area contributed by atoms with Gasteiger partial charge in [0, 0.05) is 0 Å². The van der Waals surface area contributed by atoms with E-state index >= 15 is 0 Å². The van der Waals surface area contributed by atoms with Gasteiger partial charge < -0.3 is 4.74 Å². The fourth-order valence-corrected chi connectivity index (χ4v) is 0.136. The Hall–Kier alpha value is -0.720. The number of methoxy groups -OCH3 is 1. The fourth-order valence-electron chi connectivity index (χ4n) is 0.136. The van der Waals surface area contributed by atoms with Crippen molar-refractivity contribution in [3.8, 4) is 0 Å². The molecule has 0 bridgehead atoms. The molecule has 0 aliphatic carbocycles. The van der Waals surface area contributed by atoms with Gasteiger partial charge in [-0.25, -0.2) is 0 Å². The average molecular weight is 114 g/mol. The Bertz CT molecular complexity index is 55.4. The summed E-state index contributed by atoms with van der Waals surface area (Å²) in [5.74, 6) is 0. The van der Waals surface area contributed by atoms with Crippen molar-refractivity contribution in [1.29, 1.82) is 0 Å². The fraction of sp³-hybridized carbons (Fsp3) is 0.429. The van der Waals surface area contributed by atoms with E-state index in [1.165, 1.54) is 0 Å². The van der Waals surface area contributed by atoms with Crippen molar-refractivity contribution in [2.24, 2.45) is 0 Å². The molecule has 0 radical (unpaired) electrons. The highest BCUT2D eigenvalue weighted by atomic mass is 16.5. The van der Waals surface area contributed by atoms with Crippen molar-refractivity contribution in [2.45, 2.75) is 13.8 Å². The summed E-state index contributed by atoms with van der Waals surface area (Å²) in [7, 11) is 1.62. The normalized spacial score (nSPS) is 7.38. The third kappa shape index (κ3) is 59.0. The first-order valence-electron chi connectivity index (χ1n) is 2.54. The Morgan fingerprint density at radius 3 is 1.75 bits per heavy atom. The second kappa shape index (κ2) is 16.3. The van der Waals surface area contributed by atoms with Gasteiger partial charge in [-0.2, -0.15) is 0 Å². The maximum atomic E-state index is 4.51. The minimum Gasteiger partial charge on any atom is -0.505 e. The van der Waals surface area contributed by atoms with Gasteiger partial charge in [-0.15, -0.1) is 6.58 Å². The molecule has 0 N–H and O–H groups in total. The van der Waals surface area contributed by atoms with E-state index in [-0.39, 0.29) is 0 Å². The molecule has 0 atom stereocenters. The molecule has 1 heteroatoms. The number of hydrogen-bond donors (Lipinski definition) is 0. The van der Waals surface area contributed by atoms with E-state index in [0.717, 1.165) is 0 Å². The topological polar surface area (TPSA) is 9.23 Å². The molecule has 0 amide bonds. The molecule has 0 spiro atoms. The number of allylic oxidation sites excluding steroid dienone is 2. The Kier molecular flexibility index (Phi) is 20.9. The van der Waals surface area contributed by atoms with Crippen LogP contribution in [-0.2, 0) is 4.74 Å². The van der Waals surface area contributed by atoms with Crippen LogP contribution < -0.4 is 0 Å². The first kappa shape index (κ1) is 10.3. The molecule has 0 aromatic carbocycles. The van der Waals surface area contributed by atoms with Crippen LogP contribution in [0.3, 0.4) is 0 Å². The van der Waals surface area contributed by atoms with Crippen LogP contribution >= 0.6 is 0 Å². The maximum absolute atomic E-state index is 4.51. The Labute approximate surface area is 51.7 Å². The van der Waals surface area contributed by atoms with Gasteiger partial charge in [-0.05, 0) is 13.8 Å². The molecule has 0 aliphatic rings. The van der Waals surface area contributed by atoms with Crippen molar-refractivity contribution < 1.29 is 4.74 Å². The summed E-state index contributed by atoms with van der Waals surface area (Å²) in [5.41, 5.74) is 0. The lowest BCUT2D eigenvalue weighted by Crippen LogP contribution is -1.57. The van der Waals surface area contributed by atoms with Crippen LogP contribution in [0.25, 0.3) is 0 Å². The molecule has 48 valence electrons. The van der Waals surface area contributed by atoms with E-state index in [2.05, 4.69) is 11.3 Å². The minimum atomic E-state index is 1.62. The van der Waals surface area contributed by atoms with Gasteiger partial charge in [0.1, 0.15) is 0 Å². The second-order valence-electron chi connectivity index (χ2n) is 1.11. The summed E-state index contributed by atoms with van der Waals surface area (Å²) in [6.45, 7) is 7.16. The van der Waals surface area contributed by atoms with E-state index in [0.29, 0.717) is 0 Å². The zero-order chi connectivity index (χ0) is 6.83. The van der Waals surface area contributed by atoms with Gasteiger partial charge in [0.05, 0.1) is 13.4 Å². The van der Waals surface area contributed by atoms with Crippen LogP contribution in [0.1, 0.15) is 13.8 Å². The summed E-state index contributed by atoms with van der Waals surface area (Å²) in [6, 6.07) is 0. The van der Waals surface area contributed by atoms with Crippen LogP contribution in [0.15, 0.2) is 25.0 Å². The van der Waals surface area contributed by atoms with Crippen molar-refractivity contribution >= 4 is 0 Å². The molecule has 1 nitrogen and oxygen atoms in total. The molecular weight excluding hydrogens is 100 g/mol. The lowest BCUT2D eigenvalue weighted by molar-refractivity contribution is 0.337. The van der Waals surface area contributed by atoms with Gasteiger partial charge in [0.25, 0.3) is 0 Å². The zero-order valence-electron chi connectivity index (χ0n) is 5.85. The van der Waals surface area contributed by atoms with Gasteiger partial charge >= 0.3 is 0 Å². The number of rotatable bonds is 1. The zero-order valence-corrected chi connectivity index (χ0v) is 5.85. The molecule has 0 aliphatic heterocycles. The van der Waals surface area contributed by atoms with Crippen LogP contribution in [0.4, 0.5) is 0 Å². The number of hydrogen-bond acceptors (Lipinski definition) is 1. The van der Waals surface area contributed by atoms with E-state index in [9.17, 15) is 0 Å². The van der Waals surface area contributed by atoms with Crippen molar-refractivity contribution in [3.05, 3.63) is 25.0 Å². The van der Waals surface area contributed by atoms with Gasteiger partial charge in [0.2, 0.25) is 0 Å². The SMILES string of the molecule is C=CC.CC=COC. The van der Waals surface area contributed by atoms with E-state index < -0.39 is 0 Å². The minimum absolute atomic E-state index is 1.62. The summed E-state index contributed by atoms with van der Waals surface area (Å²) < 4.78 is 4.51. The summed E-state index contributed by atoms with van der Waals surface area (Å²) in [6.07, 6.45) is 5.21. The summed E-state index contributed by atoms with van der Waals surface area (Å²) in [5, 5.41) is 0. The molecule has 0 aromatic rings. The number of ether oxygens (including phenoxy) is 1. The third-order valence-electron chi connectivity index (χ3n) is 0.272. The predicted molar refractivity (Wildman–Crippen MR) is 37.7 cm³/mol. The Balaban J connectivity index is 0. The largest absolute Gasteiger partial charge is 0.505 e. The monoisotopic (exact) mass is 114 g/mol. The van der Waals surface area contributed by atoms with Crippen molar-refractivity contribution in [2.75, 3.05) is 7.11 Å². The Morgan fingerprint density at radius 1 is 1.38 bits per heavy atom. The highest BCUT2D eigenvalue weighted by molar-refractivity contribution is 4.63. The van der Waals surface area contributed by atoms with Gasteiger partial charge in [0.15, 0.2) is 0 Å². The lowest BCUT2D eigenvalue weighted by atomic mass is 10.7. The van der Waals surface area contributed by atoms with E-state index in [4.69, 9.17) is 0 Å². The first-order valence-corrected chi connectivity index (χ1v) is 2.54. The highest BCUT2D eigenvalue weighted by Gasteiger charge is 1.47. The van der Waals surface area contributed by atoms with Crippen LogP contribution in [0, 0.1) is 0 Å². The average Bonchev–Trinajstić information content (AvgIpc) is 1.71. The van der Waals surface area contributed by atoms with Crippen molar-refractivity contribution in [3.63, 3.8) is 0 Å². The van der Waals surface area contributed by atoms with Crippen molar-refractivity contribution in [1.82, 2.24) is 0 Å². The maximum Gasteiger partial charge on any atom is 0.0781 e. The Morgan fingerprint density at radius 2 is 1.75 bits per heavy atom.